The SMILES string of the molecule is COc1ccc(F)c(C2(N)CCC2)c1. The summed E-state index contributed by atoms with van der Waals surface area (Å²) < 4.78 is 18.5. The number of rotatable bonds is 2. The lowest BCUT2D eigenvalue weighted by molar-refractivity contribution is 0.244. The highest BCUT2D eigenvalue weighted by atomic mass is 19.1. The topological polar surface area (TPSA) is 35.2 Å². The van der Waals surface area contributed by atoms with Crippen LogP contribution >= 0.6 is 0 Å². The van der Waals surface area contributed by atoms with Gasteiger partial charge >= 0.3 is 0 Å². The van der Waals surface area contributed by atoms with Crippen molar-refractivity contribution in [2.45, 2.75) is 24.8 Å². The molecule has 0 saturated heterocycles. The minimum atomic E-state index is -0.460. The summed E-state index contributed by atoms with van der Waals surface area (Å²) in [4.78, 5) is 0. The number of methoxy groups -OCH3 is 1. The summed E-state index contributed by atoms with van der Waals surface area (Å²) in [5.74, 6) is 0.436. The van der Waals surface area contributed by atoms with E-state index in [4.69, 9.17) is 10.5 Å². The van der Waals surface area contributed by atoms with Crippen molar-refractivity contribution < 1.29 is 9.13 Å². The smallest absolute Gasteiger partial charge is 0.128 e. The van der Waals surface area contributed by atoms with Crippen molar-refractivity contribution >= 4 is 0 Å². The van der Waals surface area contributed by atoms with E-state index in [2.05, 4.69) is 0 Å². The number of nitrogens with two attached hydrogens (primary N) is 1. The molecule has 0 atom stereocenters. The zero-order valence-corrected chi connectivity index (χ0v) is 8.22. The highest BCUT2D eigenvalue weighted by Gasteiger charge is 2.36. The van der Waals surface area contributed by atoms with Crippen molar-refractivity contribution in [3.8, 4) is 5.75 Å². The van der Waals surface area contributed by atoms with E-state index in [-0.39, 0.29) is 5.82 Å². The first-order valence-corrected chi connectivity index (χ1v) is 4.79. The molecule has 1 aliphatic rings. The predicted molar refractivity (Wildman–Crippen MR) is 52.7 cm³/mol. The predicted octanol–water partition coefficient (Wildman–Crippen LogP) is 2.17. The van der Waals surface area contributed by atoms with Crippen LogP contribution in [0.25, 0.3) is 0 Å². The minimum absolute atomic E-state index is 0.229. The van der Waals surface area contributed by atoms with E-state index in [9.17, 15) is 4.39 Å². The minimum Gasteiger partial charge on any atom is -0.497 e. The number of halogens is 1. The van der Waals surface area contributed by atoms with Gasteiger partial charge in [-0.1, -0.05) is 0 Å². The largest absolute Gasteiger partial charge is 0.497 e. The molecule has 2 rings (SSSR count). The summed E-state index contributed by atoms with van der Waals surface area (Å²) >= 11 is 0. The molecule has 0 radical (unpaired) electrons. The Bertz CT molecular complexity index is 347. The first kappa shape index (κ1) is 9.46. The molecule has 0 amide bonds. The molecule has 0 aliphatic heterocycles. The van der Waals surface area contributed by atoms with Crippen LogP contribution in [-0.4, -0.2) is 7.11 Å². The Kier molecular flexibility index (Phi) is 2.19. The van der Waals surface area contributed by atoms with Crippen molar-refractivity contribution in [3.63, 3.8) is 0 Å². The Hall–Kier alpha value is -1.09. The molecule has 76 valence electrons. The van der Waals surface area contributed by atoms with E-state index in [1.807, 2.05) is 0 Å². The van der Waals surface area contributed by atoms with Crippen LogP contribution in [0.1, 0.15) is 24.8 Å². The van der Waals surface area contributed by atoms with Crippen molar-refractivity contribution in [2.24, 2.45) is 5.73 Å². The number of benzene rings is 1. The second-order valence-corrected chi connectivity index (χ2v) is 3.86. The van der Waals surface area contributed by atoms with Gasteiger partial charge in [0, 0.05) is 11.1 Å². The molecule has 0 heterocycles. The van der Waals surface area contributed by atoms with Gasteiger partial charge in [-0.2, -0.15) is 0 Å². The fraction of sp³-hybridized carbons (Fsp3) is 0.455. The van der Waals surface area contributed by atoms with Gasteiger partial charge in [0.15, 0.2) is 0 Å². The molecule has 3 heteroatoms. The number of ether oxygens (including phenoxy) is 1. The molecule has 0 bridgehead atoms. The van der Waals surface area contributed by atoms with Gasteiger partial charge in [-0.15, -0.1) is 0 Å². The Morgan fingerprint density at radius 1 is 1.43 bits per heavy atom. The maximum atomic E-state index is 13.5. The Morgan fingerprint density at radius 3 is 2.64 bits per heavy atom. The van der Waals surface area contributed by atoms with Crippen LogP contribution in [0, 0.1) is 5.82 Å². The van der Waals surface area contributed by atoms with E-state index in [1.165, 1.54) is 6.07 Å². The maximum Gasteiger partial charge on any atom is 0.128 e. The van der Waals surface area contributed by atoms with Crippen LogP contribution in [0.2, 0.25) is 0 Å². The van der Waals surface area contributed by atoms with Gasteiger partial charge in [0.2, 0.25) is 0 Å². The zero-order chi connectivity index (χ0) is 10.2. The third kappa shape index (κ3) is 1.38. The molecule has 1 aromatic rings. The Balaban J connectivity index is 2.40. The van der Waals surface area contributed by atoms with Crippen LogP contribution in [0.5, 0.6) is 5.75 Å². The third-order valence-electron chi connectivity index (χ3n) is 2.96. The highest BCUT2D eigenvalue weighted by Crippen LogP contribution is 2.40. The van der Waals surface area contributed by atoms with Gasteiger partial charge in [0.05, 0.1) is 7.11 Å². The second-order valence-electron chi connectivity index (χ2n) is 3.86. The molecular formula is C11H14FNO. The molecule has 1 fully saturated rings. The monoisotopic (exact) mass is 195 g/mol. The second kappa shape index (κ2) is 3.24. The van der Waals surface area contributed by atoms with Crippen LogP contribution < -0.4 is 10.5 Å². The van der Waals surface area contributed by atoms with E-state index < -0.39 is 5.54 Å². The molecule has 1 aliphatic carbocycles. The van der Waals surface area contributed by atoms with Crippen LogP contribution in [-0.2, 0) is 5.54 Å². The van der Waals surface area contributed by atoms with Crippen molar-refractivity contribution in [1.82, 2.24) is 0 Å². The molecule has 2 nitrogen and oxygen atoms in total. The summed E-state index contributed by atoms with van der Waals surface area (Å²) in [7, 11) is 1.57. The van der Waals surface area contributed by atoms with Gasteiger partial charge in [-0.25, -0.2) is 4.39 Å². The van der Waals surface area contributed by atoms with E-state index in [0.29, 0.717) is 11.3 Å². The van der Waals surface area contributed by atoms with Gasteiger partial charge in [-0.3, -0.25) is 0 Å². The lowest BCUT2D eigenvalue weighted by atomic mass is 9.72. The normalized spacial score (nSPS) is 18.8. The van der Waals surface area contributed by atoms with Crippen LogP contribution in [0.4, 0.5) is 4.39 Å². The molecular weight excluding hydrogens is 181 g/mol. The summed E-state index contributed by atoms with van der Waals surface area (Å²) in [6.45, 7) is 0. The van der Waals surface area contributed by atoms with E-state index in [1.54, 1.807) is 19.2 Å². The van der Waals surface area contributed by atoms with Crippen LogP contribution in [0.3, 0.4) is 0 Å². The molecule has 1 aromatic carbocycles. The quantitative estimate of drug-likeness (QED) is 0.785. The molecule has 0 unspecified atom stereocenters. The zero-order valence-electron chi connectivity index (χ0n) is 8.22. The number of hydrogen-bond donors (Lipinski definition) is 1. The standard InChI is InChI=1S/C11H14FNO/c1-14-8-3-4-10(12)9(7-8)11(13)5-2-6-11/h3-4,7H,2,5-6,13H2,1H3. The maximum absolute atomic E-state index is 13.5. The molecule has 0 aromatic heterocycles. The summed E-state index contributed by atoms with van der Waals surface area (Å²) in [6.07, 6.45) is 2.79. The lowest BCUT2D eigenvalue weighted by Gasteiger charge is -2.38. The average Bonchev–Trinajstić information content (AvgIpc) is 2.15. The van der Waals surface area contributed by atoms with E-state index >= 15 is 0 Å². The summed E-state index contributed by atoms with van der Waals surface area (Å²) in [5.41, 5.74) is 6.18. The third-order valence-corrected chi connectivity index (χ3v) is 2.96. The number of hydrogen-bond acceptors (Lipinski definition) is 2. The Labute approximate surface area is 82.9 Å². The van der Waals surface area contributed by atoms with Gasteiger partial charge in [0.1, 0.15) is 11.6 Å². The fourth-order valence-corrected chi connectivity index (χ4v) is 1.84. The Morgan fingerprint density at radius 2 is 2.14 bits per heavy atom. The van der Waals surface area contributed by atoms with E-state index in [0.717, 1.165) is 19.3 Å². The summed E-state index contributed by atoms with van der Waals surface area (Å²) in [6, 6.07) is 4.73. The molecule has 0 spiro atoms. The highest BCUT2D eigenvalue weighted by molar-refractivity contribution is 5.35. The lowest BCUT2D eigenvalue weighted by Crippen LogP contribution is -2.44. The van der Waals surface area contributed by atoms with Gasteiger partial charge < -0.3 is 10.5 Å². The average molecular weight is 195 g/mol. The van der Waals surface area contributed by atoms with Crippen LogP contribution in [0.15, 0.2) is 18.2 Å². The van der Waals surface area contributed by atoms with Crippen molar-refractivity contribution in [1.29, 1.82) is 0 Å². The fourth-order valence-electron chi connectivity index (χ4n) is 1.84. The first-order valence-electron chi connectivity index (χ1n) is 4.79. The van der Waals surface area contributed by atoms with Gasteiger partial charge in [0.25, 0.3) is 0 Å². The molecule has 2 N–H and O–H groups in total. The summed E-state index contributed by atoms with van der Waals surface area (Å²) in [5, 5.41) is 0. The van der Waals surface area contributed by atoms with Crippen molar-refractivity contribution in [3.05, 3.63) is 29.6 Å². The van der Waals surface area contributed by atoms with Gasteiger partial charge in [-0.05, 0) is 37.5 Å². The molecule has 14 heavy (non-hydrogen) atoms. The first-order chi connectivity index (χ1) is 6.65. The van der Waals surface area contributed by atoms with Crippen molar-refractivity contribution in [2.75, 3.05) is 7.11 Å². The molecule has 1 saturated carbocycles.